The molecule has 14 nitrogen and oxygen atoms in total. The second-order valence-corrected chi connectivity index (χ2v) is 14.6. The number of rotatable bonds is 13. The van der Waals surface area contributed by atoms with Gasteiger partial charge < -0.3 is 35.2 Å². The molecule has 0 bridgehead atoms. The van der Waals surface area contributed by atoms with Crippen LogP contribution in [-0.2, 0) is 40.5 Å². The first-order valence-electron chi connectivity index (χ1n) is 15.7. The molecular weight excluding hydrogens is 643 g/mol. The van der Waals surface area contributed by atoms with E-state index in [2.05, 4.69) is 16.0 Å². The van der Waals surface area contributed by atoms with Crippen molar-refractivity contribution in [1.82, 2.24) is 20.9 Å². The number of ketones is 1. The van der Waals surface area contributed by atoms with Crippen molar-refractivity contribution in [3.05, 3.63) is 35.9 Å². The van der Waals surface area contributed by atoms with Gasteiger partial charge >= 0.3 is 35.7 Å². The smallest absolute Gasteiger partial charge is 0.746 e. The van der Waals surface area contributed by atoms with E-state index >= 15 is 0 Å². The van der Waals surface area contributed by atoms with E-state index in [0.29, 0.717) is 45.3 Å². The Kier molecular flexibility index (Phi) is 13.8. The molecule has 2 saturated heterocycles. The van der Waals surface area contributed by atoms with Crippen molar-refractivity contribution in [2.24, 2.45) is 17.3 Å². The van der Waals surface area contributed by atoms with E-state index in [1.54, 1.807) is 13.8 Å². The fourth-order valence-corrected chi connectivity index (χ4v) is 6.98. The number of carbonyl (C=O) groups is 5. The number of Topliss-reactive ketones (excluding diaryl/α,β-unsaturated/α-hetero) is 1. The first-order valence-corrected chi connectivity index (χ1v) is 17.2. The predicted molar refractivity (Wildman–Crippen MR) is 163 cm³/mol. The van der Waals surface area contributed by atoms with E-state index in [-0.39, 0.29) is 65.7 Å². The van der Waals surface area contributed by atoms with Crippen LogP contribution >= 0.6 is 0 Å². The maximum Gasteiger partial charge on any atom is 1.00 e. The van der Waals surface area contributed by atoms with Gasteiger partial charge in [0.15, 0.2) is 5.78 Å². The van der Waals surface area contributed by atoms with Gasteiger partial charge in [0.1, 0.15) is 22.3 Å². The number of benzene rings is 1. The Morgan fingerprint density at radius 3 is 2.28 bits per heavy atom. The molecule has 2 heterocycles. The Labute approximate surface area is 297 Å². The zero-order chi connectivity index (χ0) is 33.6. The van der Waals surface area contributed by atoms with Gasteiger partial charge in [0.25, 0.3) is 0 Å². The third-order valence-corrected chi connectivity index (χ3v) is 9.92. The molecule has 4 amide bonds. The van der Waals surface area contributed by atoms with Gasteiger partial charge in [0, 0.05) is 25.6 Å². The average molecular weight is 687 g/mol. The molecule has 47 heavy (non-hydrogen) atoms. The summed E-state index contributed by atoms with van der Waals surface area (Å²) in [5.74, 6) is -3.48. The number of hydrogen-bond donors (Lipinski definition) is 4. The van der Waals surface area contributed by atoms with Gasteiger partial charge in [-0.25, -0.2) is 13.2 Å². The van der Waals surface area contributed by atoms with Gasteiger partial charge in [-0.1, -0.05) is 44.2 Å². The van der Waals surface area contributed by atoms with Crippen LogP contribution in [0.4, 0.5) is 4.79 Å². The number of hydrogen-bond acceptors (Lipinski definition) is 10. The summed E-state index contributed by atoms with van der Waals surface area (Å²) in [5, 5.41) is 17.3. The Morgan fingerprint density at radius 2 is 1.72 bits per heavy atom. The van der Waals surface area contributed by atoms with Gasteiger partial charge in [-0.15, -0.1) is 0 Å². The van der Waals surface area contributed by atoms with Crippen LogP contribution < -0.4 is 45.5 Å². The summed E-state index contributed by atoms with van der Waals surface area (Å²) < 4.78 is 39.6. The molecule has 1 aromatic carbocycles. The zero-order valence-electron chi connectivity index (χ0n) is 27.1. The Morgan fingerprint density at radius 1 is 1.09 bits per heavy atom. The molecule has 4 N–H and O–H groups in total. The van der Waals surface area contributed by atoms with Crippen molar-refractivity contribution in [1.29, 1.82) is 0 Å². The van der Waals surface area contributed by atoms with Crippen LogP contribution in [0.15, 0.2) is 30.3 Å². The Balaban J connectivity index is 0.00000600. The fourth-order valence-electron chi connectivity index (χ4n) is 6.53. The van der Waals surface area contributed by atoms with Crippen LogP contribution in [0.5, 0.6) is 0 Å². The van der Waals surface area contributed by atoms with Crippen molar-refractivity contribution < 1.29 is 76.3 Å². The second-order valence-electron chi connectivity index (χ2n) is 13.1. The van der Waals surface area contributed by atoms with Gasteiger partial charge in [0.2, 0.25) is 23.2 Å². The van der Waals surface area contributed by atoms with Crippen molar-refractivity contribution in [2.75, 3.05) is 19.6 Å². The molecule has 4 atom stereocenters. The maximum absolute atomic E-state index is 13.3. The van der Waals surface area contributed by atoms with E-state index in [0.717, 1.165) is 18.4 Å². The molecular formula is C31H43N4NaO10S. The van der Waals surface area contributed by atoms with Crippen molar-refractivity contribution in [2.45, 2.75) is 88.8 Å². The SMILES string of the molecule is CC(C)C[C@H](NC(=O)OC1CC2(CCN(C(=O)Cc3ccccc3)CC2)C1)C(=O)N[C@@H](C[C@H]1CCNC1=O)C(=O)C(O)S(=O)(=O)[O-].[Na+]. The minimum absolute atomic E-state index is 0. The third-order valence-electron chi connectivity index (χ3n) is 9.15. The maximum atomic E-state index is 13.3. The van der Waals surface area contributed by atoms with Crippen LogP contribution in [0.1, 0.15) is 64.4 Å². The number of aliphatic hydroxyl groups is 1. The van der Waals surface area contributed by atoms with Gasteiger partial charge in [0.05, 0.1) is 12.5 Å². The summed E-state index contributed by atoms with van der Waals surface area (Å²) >= 11 is 0. The molecule has 254 valence electrons. The first kappa shape index (κ1) is 38.9. The monoisotopic (exact) mass is 686 g/mol. The van der Waals surface area contributed by atoms with Gasteiger partial charge in [-0.3, -0.25) is 19.2 Å². The van der Waals surface area contributed by atoms with Crippen LogP contribution in [0, 0.1) is 17.3 Å². The van der Waals surface area contributed by atoms with Crippen molar-refractivity contribution >= 4 is 39.7 Å². The molecule has 2 aliphatic heterocycles. The zero-order valence-corrected chi connectivity index (χ0v) is 29.9. The molecule has 3 aliphatic rings. The summed E-state index contributed by atoms with van der Waals surface area (Å²) in [6.07, 6.45) is 2.11. The van der Waals surface area contributed by atoms with E-state index in [1.807, 2.05) is 35.2 Å². The first-order chi connectivity index (χ1) is 21.7. The molecule has 1 aromatic rings. The largest absolute Gasteiger partial charge is 1.00 e. The molecule has 1 spiro atoms. The van der Waals surface area contributed by atoms with Crippen LogP contribution in [-0.4, -0.2) is 95.8 Å². The number of likely N-dealkylation sites (tertiary alicyclic amines) is 1. The fraction of sp³-hybridized carbons (Fsp3) is 0.645. The number of aliphatic hydroxyl groups excluding tert-OH is 1. The number of amides is 4. The molecule has 4 rings (SSSR count). The van der Waals surface area contributed by atoms with Crippen LogP contribution in [0.3, 0.4) is 0 Å². The molecule has 1 aliphatic carbocycles. The molecule has 1 saturated carbocycles. The Hall–Kier alpha value is -2.56. The quantitative estimate of drug-likeness (QED) is 0.128. The number of nitrogens with zero attached hydrogens (tertiary/aromatic N) is 1. The standard InChI is InChI=1S/C31H44N4O10S.Na/c1-19(2)14-24(28(39)33-23(16-21-8-11-32-27(21)38)26(37)29(40)46(42,43)44)34-30(41)45-22-17-31(18-22)9-12-35(13-10-31)25(36)15-20-6-4-3-5-7-20;/h3-7,19,21-24,29,40H,8-18H2,1-2H3,(H,32,38)(H,33,39)(H,34,41)(H,42,43,44);/q;+1/p-1/t21-,23+,24+,29?;/m1./s1. The molecule has 0 aromatic heterocycles. The van der Waals surface area contributed by atoms with Crippen LogP contribution in [0.25, 0.3) is 0 Å². The number of piperidine rings is 1. The topological polar surface area (TPSA) is 211 Å². The third kappa shape index (κ3) is 10.7. The number of alkyl carbamates (subject to hydrolysis) is 1. The van der Waals surface area contributed by atoms with Gasteiger partial charge in [-0.2, -0.15) is 0 Å². The van der Waals surface area contributed by atoms with E-state index in [4.69, 9.17) is 4.74 Å². The second kappa shape index (κ2) is 16.7. The van der Waals surface area contributed by atoms with E-state index in [9.17, 15) is 42.0 Å². The Bertz CT molecular complexity index is 1390. The average Bonchev–Trinajstić information content (AvgIpc) is 3.38. The normalized spacial score (nSPS) is 21.1. The summed E-state index contributed by atoms with van der Waals surface area (Å²) in [5.41, 5.74) is -1.98. The minimum Gasteiger partial charge on any atom is -0.746 e. The summed E-state index contributed by atoms with van der Waals surface area (Å²) in [6, 6.07) is 6.73. The number of nitrogens with one attached hydrogen (secondary N) is 3. The summed E-state index contributed by atoms with van der Waals surface area (Å²) in [7, 11) is -5.44. The van der Waals surface area contributed by atoms with Crippen molar-refractivity contribution in [3.8, 4) is 0 Å². The number of carbonyl (C=O) groups excluding carboxylic acids is 5. The molecule has 1 unspecified atom stereocenters. The summed E-state index contributed by atoms with van der Waals surface area (Å²) in [6.45, 7) is 5.19. The molecule has 3 fully saturated rings. The van der Waals surface area contributed by atoms with E-state index in [1.165, 1.54) is 0 Å². The van der Waals surface area contributed by atoms with Gasteiger partial charge in [-0.05, 0) is 61.8 Å². The minimum atomic E-state index is -5.44. The number of ether oxygens (including phenoxy) is 1. The molecule has 0 radical (unpaired) electrons. The molecule has 16 heteroatoms. The van der Waals surface area contributed by atoms with Crippen molar-refractivity contribution in [3.63, 3.8) is 0 Å². The van der Waals surface area contributed by atoms with E-state index < -0.39 is 57.2 Å². The predicted octanol–water partition coefficient (Wildman–Crippen LogP) is -2.41. The van der Waals surface area contributed by atoms with Crippen LogP contribution in [0.2, 0.25) is 0 Å². The summed E-state index contributed by atoms with van der Waals surface area (Å²) in [4.78, 5) is 65.6.